The molecular weight excluding hydrogens is 494 g/mol. The van der Waals surface area contributed by atoms with Gasteiger partial charge in [-0.3, -0.25) is 4.90 Å². The molecule has 0 spiro atoms. The number of rotatable bonds is 5. The summed E-state index contributed by atoms with van der Waals surface area (Å²) in [5.74, 6) is -2.96. The molecule has 1 saturated heterocycles. The summed E-state index contributed by atoms with van der Waals surface area (Å²) >= 11 is 0. The molecule has 1 aromatic heterocycles. The Morgan fingerprint density at radius 2 is 1.51 bits per heavy atom. The van der Waals surface area contributed by atoms with E-state index in [1.54, 1.807) is 0 Å². The van der Waals surface area contributed by atoms with E-state index in [0.717, 1.165) is 21.6 Å². The van der Waals surface area contributed by atoms with E-state index < -0.39 is 41.2 Å². The molecule has 0 bridgehead atoms. The molecule has 1 amide bonds. The largest absolute Gasteiger partial charge is 0.478 e. The molecule has 0 radical (unpaired) electrons. The van der Waals surface area contributed by atoms with Crippen LogP contribution in [0.25, 0.3) is 5.69 Å². The first-order valence-electron chi connectivity index (χ1n) is 11.4. The molecule has 0 saturated carbocycles. The van der Waals surface area contributed by atoms with Gasteiger partial charge in [-0.25, -0.2) is 41.9 Å². The number of carbonyl (C=O) groups is 2. The third-order valence-corrected chi connectivity index (χ3v) is 6.42. The summed E-state index contributed by atoms with van der Waals surface area (Å²) in [6, 6.07) is 7.35. The SMILES string of the molecule is NC[C@H]1CN(c2cc(F)c(N3CCn4c(=O)n(-c5ccc(C(=O)O)cc5)c(=O)n4CC3)c(F)c2)C(=O)O1. The van der Waals surface area contributed by atoms with Crippen LogP contribution in [0.3, 0.4) is 0 Å². The fourth-order valence-electron chi connectivity index (χ4n) is 4.56. The molecule has 1 atom stereocenters. The predicted octanol–water partition coefficient (Wildman–Crippen LogP) is 0.581. The number of aromatic carboxylic acids is 1. The van der Waals surface area contributed by atoms with Gasteiger partial charge in [0.15, 0.2) is 11.6 Å². The number of halogens is 2. The Balaban J connectivity index is 1.40. The number of nitrogens with zero attached hydrogens (tertiary/aromatic N) is 5. The van der Waals surface area contributed by atoms with E-state index in [-0.39, 0.29) is 61.9 Å². The Morgan fingerprint density at radius 3 is 2.00 bits per heavy atom. The smallest absolute Gasteiger partial charge is 0.414 e. The van der Waals surface area contributed by atoms with Crippen molar-refractivity contribution < 1.29 is 28.2 Å². The second kappa shape index (κ2) is 9.20. The highest BCUT2D eigenvalue weighted by molar-refractivity contribution is 5.90. The average Bonchev–Trinajstić information content (AvgIpc) is 3.25. The average molecular weight is 516 g/mol. The van der Waals surface area contributed by atoms with Crippen molar-refractivity contribution in [3.63, 3.8) is 0 Å². The van der Waals surface area contributed by atoms with Crippen LogP contribution < -0.4 is 26.9 Å². The molecule has 3 aromatic rings. The lowest BCUT2D eigenvalue weighted by Gasteiger charge is -2.24. The third-order valence-electron chi connectivity index (χ3n) is 6.42. The summed E-state index contributed by atoms with van der Waals surface area (Å²) in [6.07, 6.45) is -1.32. The van der Waals surface area contributed by atoms with Gasteiger partial charge in [-0.1, -0.05) is 0 Å². The highest BCUT2D eigenvalue weighted by Gasteiger charge is 2.33. The number of aromatic nitrogens is 3. The standard InChI is InChI=1S/C23H22F2N6O6/c24-17-9-15(28-12-16(11-26)37-23(28)36)10-18(25)19(17)27-5-7-29-21(34)31(22(35)30(29)8-6-27)14-3-1-13(2-4-14)20(32)33/h1-4,9-10,16H,5-8,11-12,26H2,(H,32,33)/t16-/m0/s1. The molecule has 3 heterocycles. The molecule has 2 aromatic carbocycles. The Bertz CT molecular complexity index is 1450. The van der Waals surface area contributed by atoms with Crippen LogP contribution in [-0.4, -0.2) is 63.4 Å². The van der Waals surface area contributed by atoms with E-state index in [0.29, 0.717) is 0 Å². The summed E-state index contributed by atoms with van der Waals surface area (Å²) in [5, 5.41) is 9.06. The van der Waals surface area contributed by atoms with E-state index in [2.05, 4.69) is 0 Å². The van der Waals surface area contributed by atoms with Crippen molar-refractivity contribution >= 4 is 23.4 Å². The zero-order valence-corrected chi connectivity index (χ0v) is 19.3. The summed E-state index contributed by atoms with van der Waals surface area (Å²) in [7, 11) is 0. The molecule has 194 valence electrons. The van der Waals surface area contributed by atoms with E-state index in [4.69, 9.17) is 15.6 Å². The maximum absolute atomic E-state index is 15.1. The number of benzene rings is 2. The highest BCUT2D eigenvalue weighted by Crippen LogP contribution is 2.31. The van der Waals surface area contributed by atoms with Gasteiger partial charge < -0.3 is 20.5 Å². The second-order valence-electron chi connectivity index (χ2n) is 8.60. The maximum atomic E-state index is 15.1. The monoisotopic (exact) mass is 516 g/mol. The number of amides is 1. The molecule has 2 aliphatic heterocycles. The van der Waals surface area contributed by atoms with E-state index >= 15 is 8.78 Å². The Kier molecular flexibility index (Phi) is 6.03. The van der Waals surface area contributed by atoms with Crippen LogP contribution >= 0.6 is 0 Å². The number of carbonyl (C=O) groups excluding carboxylic acids is 1. The van der Waals surface area contributed by atoms with Crippen molar-refractivity contribution in [3.8, 4) is 5.69 Å². The number of anilines is 2. The van der Waals surface area contributed by atoms with Gasteiger partial charge in [0.05, 0.1) is 36.6 Å². The molecule has 14 heteroatoms. The number of hydrogen-bond donors (Lipinski definition) is 2. The van der Waals surface area contributed by atoms with Crippen molar-refractivity contribution in [2.24, 2.45) is 5.73 Å². The van der Waals surface area contributed by atoms with E-state index in [1.807, 2.05) is 0 Å². The molecule has 3 N–H and O–H groups in total. The number of fused-ring (bicyclic) bond motifs is 1. The van der Waals surface area contributed by atoms with Gasteiger partial charge >= 0.3 is 23.4 Å². The maximum Gasteiger partial charge on any atom is 0.414 e. The summed E-state index contributed by atoms with van der Waals surface area (Å²) in [6.45, 7) is 0.123. The molecule has 5 rings (SSSR count). The van der Waals surface area contributed by atoms with Crippen molar-refractivity contribution in [3.05, 3.63) is 74.6 Å². The van der Waals surface area contributed by atoms with Crippen molar-refractivity contribution in [2.75, 3.05) is 36.0 Å². The molecule has 12 nitrogen and oxygen atoms in total. The van der Waals surface area contributed by atoms with Gasteiger partial charge in [-0.05, 0) is 24.3 Å². The lowest BCUT2D eigenvalue weighted by Crippen LogP contribution is -2.33. The van der Waals surface area contributed by atoms with Gasteiger partial charge in [-0.2, -0.15) is 0 Å². The normalized spacial score (nSPS) is 17.5. The number of ether oxygens (including phenoxy) is 1. The molecule has 0 unspecified atom stereocenters. The van der Waals surface area contributed by atoms with E-state index in [9.17, 15) is 19.2 Å². The number of carboxylic acid groups (broad SMARTS) is 1. The fraction of sp³-hybridized carbons (Fsp3) is 0.304. The van der Waals surface area contributed by atoms with E-state index in [1.165, 1.54) is 38.5 Å². The van der Waals surface area contributed by atoms with Crippen LogP contribution in [0.15, 0.2) is 46.0 Å². The van der Waals surface area contributed by atoms with Crippen LogP contribution in [0.1, 0.15) is 10.4 Å². The minimum atomic E-state index is -1.14. The molecule has 1 fully saturated rings. The minimum absolute atomic E-state index is 0.00390. The third kappa shape index (κ3) is 4.14. The molecular formula is C23H22F2N6O6. The van der Waals surface area contributed by atoms with Gasteiger partial charge in [0.1, 0.15) is 11.8 Å². The van der Waals surface area contributed by atoms with Crippen molar-refractivity contribution in [1.82, 2.24) is 13.9 Å². The summed E-state index contributed by atoms with van der Waals surface area (Å²) in [5.41, 5.74) is 4.06. The molecule has 2 aliphatic rings. The van der Waals surface area contributed by atoms with Crippen LogP contribution in [0, 0.1) is 11.6 Å². The quantitative estimate of drug-likeness (QED) is 0.501. The van der Waals surface area contributed by atoms with Crippen molar-refractivity contribution in [2.45, 2.75) is 19.2 Å². The second-order valence-corrected chi connectivity index (χ2v) is 8.60. The van der Waals surface area contributed by atoms with Crippen LogP contribution in [0.2, 0.25) is 0 Å². The number of cyclic esters (lactones) is 1. The van der Waals surface area contributed by atoms with Crippen LogP contribution in [0.5, 0.6) is 0 Å². The Hall–Kier alpha value is -4.46. The Labute approximate surface area is 207 Å². The van der Waals surface area contributed by atoms with Gasteiger partial charge in [-0.15, -0.1) is 0 Å². The number of nitrogens with two attached hydrogens (primary N) is 1. The van der Waals surface area contributed by atoms with Crippen LogP contribution in [-0.2, 0) is 17.8 Å². The first kappa shape index (κ1) is 24.2. The highest BCUT2D eigenvalue weighted by atomic mass is 19.1. The Morgan fingerprint density at radius 1 is 0.946 bits per heavy atom. The van der Waals surface area contributed by atoms with Crippen LogP contribution in [0.4, 0.5) is 25.0 Å². The summed E-state index contributed by atoms with van der Waals surface area (Å²) in [4.78, 5) is 51.7. The first-order chi connectivity index (χ1) is 17.7. The first-order valence-corrected chi connectivity index (χ1v) is 11.4. The number of hydrogen-bond acceptors (Lipinski definition) is 7. The van der Waals surface area contributed by atoms with Crippen molar-refractivity contribution in [1.29, 1.82) is 0 Å². The minimum Gasteiger partial charge on any atom is -0.478 e. The predicted molar refractivity (Wildman–Crippen MR) is 126 cm³/mol. The van der Waals surface area contributed by atoms with Gasteiger partial charge in [0.25, 0.3) is 0 Å². The summed E-state index contributed by atoms with van der Waals surface area (Å²) < 4.78 is 38.5. The fourth-order valence-corrected chi connectivity index (χ4v) is 4.56. The molecule has 37 heavy (non-hydrogen) atoms. The number of carboxylic acids is 1. The topological polar surface area (TPSA) is 145 Å². The lowest BCUT2D eigenvalue weighted by atomic mass is 10.2. The zero-order chi connectivity index (χ0) is 26.4. The zero-order valence-electron chi connectivity index (χ0n) is 19.3. The van der Waals surface area contributed by atoms with Gasteiger partial charge in [0.2, 0.25) is 0 Å². The lowest BCUT2D eigenvalue weighted by molar-refractivity contribution is 0.0696. The van der Waals surface area contributed by atoms with Gasteiger partial charge in [0, 0.05) is 31.8 Å². The molecule has 0 aliphatic carbocycles.